The first-order chi connectivity index (χ1) is 17.3. The number of amides is 1. The normalized spacial score (nSPS) is 14.2. The first-order valence-corrected chi connectivity index (χ1v) is 13.7. The summed E-state index contributed by atoms with van der Waals surface area (Å²) < 4.78 is 33.2. The topological polar surface area (TPSA) is 70.2 Å². The number of anilines is 1. The van der Waals surface area contributed by atoms with E-state index in [2.05, 4.69) is 17.0 Å². The third-order valence-corrected chi connectivity index (χ3v) is 8.28. The van der Waals surface area contributed by atoms with Crippen LogP contribution in [0.15, 0.2) is 77.7 Å². The summed E-state index contributed by atoms with van der Waals surface area (Å²) >= 11 is 5.91. The van der Waals surface area contributed by atoms with E-state index in [-0.39, 0.29) is 17.3 Å². The Morgan fingerprint density at radius 2 is 1.64 bits per heavy atom. The summed E-state index contributed by atoms with van der Waals surface area (Å²) in [7, 11) is -2.24. The summed E-state index contributed by atoms with van der Waals surface area (Å²) in [6.07, 6.45) is 0. The summed E-state index contributed by atoms with van der Waals surface area (Å²) in [6, 6.07) is 21.4. The van der Waals surface area contributed by atoms with Gasteiger partial charge in [-0.2, -0.15) is 4.31 Å². The highest BCUT2D eigenvalue weighted by Crippen LogP contribution is 2.26. The van der Waals surface area contributed by atoms with Crippen LogP contribution >= 0.6 is 11.6 Å². The Kier molecular flexibility index (Phi) is 8.18. The molecule has 0 atom stereocenters. The summed E-state index contributed by atoms with van der Waals surface area (Å²) in [5.74, 6) is 0.483. The number of benzene rings is 3. The lowest BCUT2D eigenvalue weighted by Crippen LogP contribution is -2.48. The molecule has 0 aliphatic carbocycles. The van der Waals surface area contributed by atoms with Crippen molar-refractivity contribution < 1.29 is 17.9 Å². The fourth-order valence-electron chi connectivity index (χ4n) is 4.23. The van der Waals surface area contributed by atoms with Crippen LogP contribution in [0.5, 0.6) is 5.75 Å². The van der Waals surface area contributed by atoms with E-state index in [1.165, 1.54) is 23.5 Å². The van der Waals surface area contributed by atoms with E-state index in [0.717, 1.165) is 18.8 Å². The van der Waals surface area contributed by atoms with E-state index in [1.54, 1.807) is 30.3 Å². The van der Waals surface area contributed by atoms with Crippen molar-refractivity contribution in [1.82, 2.24) is 9.21 Å². The number of piperazine rings is 1. The number of halogens is 1. The predicted molar refractivity (Wildman–Crippen MR) is 142 cm³/mol. The summed E-state index contributed by atoms with van der Waals surface area (Å²) in [5, 5.41) is 0.464. The molecule has 0 unspecified atom stereocenters. The van der Waals surface area contributed by atoms with Gasteiger partial charge >= 0.3 is 0 Å². The predicted octanol–water partition coefficient (Wildman–Crippen LogP) is 4.52. The van der Waals surface area contributed by atoms with Crippen LogP contribution in [-0.2, 0) is 16.6 Å². The minimum atomic E-state index is -3.75. The standard InChI is InChI=1S/C27H30ClN3O4S/c1-3-35-26-14-9-21(27(32)31-17-15-30(16-18-31)24-7-5-4-6-8-24)19-22(26)20-29(2)36(33,34)25-12-10-23(28)11-13-25/h4-14,19H,3,15-18,20H2,1-2H3. The molecule has 1 fully saturated rings. The molecule has 36 heavy (non-hydrogen) atoms. The maximum Gasteiger partial charge on any atom is 0.253 e. The van der Waals surface area contributed by atoms with Gasteiger partial charge in [-0.05, 0) is 61.5 Å². The molecule has 0 bridgehead atoms. The minimum absolute atomic E-state index is 0.0587. The smallest absolute Gasteiger partial charge is 0.253 e. The number of hydrogen-bond acceptors (Lipinski definition) is 5. The van der Waals surface area contributed by atoms with Crippen LogP contribution in [0.2, 0.25) is 5.02 Å². The van der Waals surface area contributed by atoms with Gasteiger partial charge in [0.15, 0.2) is 0 Å². The second kappa shape index (κ2) is 11.3. The summed E-state index contributed by atoms with van der Waals surface area (Å²) in [6.45, 7) is 5.08. The Morgan fingerprint density at radius 1 is 0.972 bits per heavy atom. The number of para-hydroxylation sites is 1. The first-order valence-electron chi connectivity index (χ1n) is 11.9. The van der Waals surface area contributed by atoms with Gasteiger partial charge in [-0.25, -0.2) is 8.42 Å². The van der Waals surface area contributed by atoms with E-state index in [9.17, 15) is 13.2 Å². The van der Waals surface area contributed by atoms with E-state index in [4.69, 9.17) is 16.3 Å². The molecule has 4 rings (SSSR count). The van der Waals surface area contributed by atoms with Crippen molar-refractivity contribution >= 4 is 33.2 Å². The minimum Gasteiger partial charge on any atom is -0.494 e. The van der Waals surface area contributed by atoms with Gasteiger partial charge in [-0.15, -0.1) is 0 Å². The van der Waals surface area contributed by atoms with Crippen molar-refractivity contribution in [2.24, 2.45) is 0 Å². The monoisotopic (exact) mass is 527 g/mol. The molecule has 9 heteroatoms. The van der Waals surface area contributed by atoms with Gasteiger partial charge < -0.3 is 14.5 Å². The van der Waals surface area contributed by atoms with E-state index >= 15 is 0 Å². The van der Waals surface area contributed by atoms with Crippen LogP contribution in [0, 0.1) is 0 Å². The van der Waals surface area contributed by atoms with Crippen LogP contribution in [0.3, 0.4) is 0 Å². The molecule has 1 saturated heterocycles. The van der Waals surface area contributed by atoms with Gasteiger partial charge in [0.1, 0.15) is 5.75 Å². The highest BCUT2D eigenvalue weighted by atomic mass is 35.5. The zero-order valence-electron chi connectivity index (χ0n) is 20.4. The molecule has 0 spiro atoms. The van der Waals surface area contributed by atoms with Crippen molar-refractivity contribution in [3.63, 3.8) is 0 Å². The van der Waals surface area contributed by atoms with Crippen molar-refractivity contribution in [3.05, 3.63) is 88.9 Å². The van der Waals surface area contributed by atoms with Gasteiger partial charge in [0.2, 0.25) is 10.0 Å². The summed E-state index contributed by atoms with van der Waals surface area (Å²) in [5.41, 5.74) is 2.29. The lowest BCUT2D eigenvalue weighted by molar-refractivity contribution is 0.0746. The van der Waals surface area contributed by atoms with Crippen LogP contribution < -0.4 is 9.64 Å². The molecule has 1 aliphatic rings. The van der Waals surface area contributed by atoms with Crippen molar-refractivity contribution in [2.75, 3.05) is 44.7 Å². The Labute approximate surface area is 217 Å². The number of rotatable bonds is 8. The van der Waals surface area contributed by atoms with Crippen LogP contribution in [-0.4, -0.2) is 63.4 Å². The molecule has 0 N–H and O–H groups in total. The molecular weight excluding hydrogens is 498 g/mol. The molecule has 0 radical (unpaired) electrons. The number of sulfonamides is 1. The fraction of sp³-hybridized carbons (Fsp3) is 0.296. The lowest BCUT2D eigenvalue weighted by Gasteiger charge is -2.36. The maximum absolute atomic E-state index is 13.3. The van der Waals surface area contributed by atoms with Crippen LogP contribution in [0.1, 0.15) is 22.8 Å². The zero-order chi connectivity index (χ0) is 25.7. The number of nitrogens with zero attached hydrogens (tertiary/aromatic N) is 3. The second-order valence-electron chi connectivity index (χ2n) is 8.59. The van der Waals surface area contributed by atoms with Gasteiger partial charge in [0.25, 0.3) is 5.91 Å². The van der Waals surface area contributed by atoms with Gasteiger partial charge in [-0.1, -0.05) is 29.8 Å². The van der Waals surface area contributed by atoms with Crippen LogP contribution in [0.25, 0.3) is 0 Å². The fourth-order valence-corrected chi connectivity index (χ4v) is 5.51. The summed E-state index contributed by atoms with van der Waals surface area (Å²) in [4.78, 5) is 17.6. The SMILES string of the molecule is CCOc1ccc(C(=O)N2CCN(c3ccccc3)CC2)cc1CN(C)S(=O)(=O)c1ccc(Cl)cc1. The largest absolute Gasteiger partial charge is 0.494 e. The molecule has 3 aromatic carbocycles. The number of carbonyl (C=O) groups excluding carboxylic acids is 1. The lowest BCUT2D eigenvalue weighted by atomic mass is 10.1. The Hall–Kier alpha value is -3.07. The molecule has 1 aliphatic heterocycles. The van der Waals surface area contributed by atoms with Gasteiger partial charge in [0.05, 0.1) is 11.5 Å². The number of ether oxygens (including phenoxy) is 1. The van der Waals surface area contributed by atoms with Crippen molar-refractivity contribution in [3.8, 4) is 5.75 Å². The quantitative estimate of drug-likeness (QED) is 0.431. The molecule has 1 amide bonds. The molecule has 0 aromatic heterocycles. The number of carbonyl (C=O) groups is 1. The van der Waals surface area contributed by atoms with E-state index < -0.39 is 10.0 Å². The Morgan fingerprint density at radius 3 is 2.28 bits per heavy atom. The highest BCUT2D eigenvalue weighted by molar-refractivity contribution is 7.89. The highest BCUT2D eigenvalue weighted by Gasteiger charge is 2.25. The van der Waals surface area contributed by atoms with Gasteiger partial charge in [0, 0.05) is 61.6 Å². The molecule has 0 saturated carbocycles. The Bertz CT molecular complexity index is 1290. The van der Waals surface area contributed by atoms with Gasteiger partial charge in [-0.3, -0.25) is 4.79 Å². The van der Waals surface area contributed by atoms with E-state index in [1.807, 2.05) is 30.0 Å². The van der Waals surface area contributed by atoms with Crippen LogP contribution in [0.4, 0.5) is 5.69 Å². The number of hydrogen-bond donors (Lipinski definition) is 0. The third kappa shape index (κ3) is 5.83. The molecule has 190 valence electrons. The average molecular weight is 528 g/mol. The van der Waals surface area contributed by atoms with Crippen molar-refractivity contribution in [1.29, 1.82) is 0 Å². The average Bonchev–Trinajstić information content (AvgIpc) is 2.90. The third-order valence-electron chi connectivity index (χ3n) is 6.21. The molecular formula is C27H30ClN3O4S. The maximum atomic E-state index is 13.3. The molecule has 1 heterocycles. The van der Waals surface area contributed by atoms with Crippen molar-refractivity contribution in [2.45, 2.75) is 18.4 Å². The van der Waals surface area contributed by atoms with E-state index in [0.29, 0.717) is 41.6 Å². The molecule has 3 aromatic rings. The Balaban J connectivity index is 1.50. The first kappa shape index (κ1) is 26.0. The zero-order valence-corrected chi connectivity index (χ0v) is 22.0. The molecule has 7 nitrogen and oxygen atoms in total. The second-order valence-corrected chi connectivity index (χ2v) is 11.1.